The molecule has 0 spiro atoms. The Balaban J connectivity index is 3.10. The number of halogens is 2. The van der Waals surface area contributed by atoms with E-state index in [9.17, 15) is 0 Å². The molecule has 3 nitrogen and oxygen atoms in total. The highest BCUT2D eigenvalue weighted by molar-refractivity contribution is 6.34. The van der Waals surface area contributed by atoms with Gasteiger partial charge in [-0.05, 0) is 19.8 Å². The van der Waals surface area contributed by atoms with Crippen molar-refractivity contribution in [1.29, 1.82) is 0 Å². The summed E-state index contributed by atoms with van der Waals surface area (Å²) in [6.07, 6.45) is -0.166. The van der Waals surface area contributed by atoms with E-state index in [4.69, 9.17) is 27.9 Å². The van der Waals surface area contributed by atoms with E-state index in [1.165, 1.54) is 0 Å². The van der Waals surface area contributed by atoms with Crippen LogP contribution in [0.1, 0.15) is 38.3 Å². The monoisotopic (exact) mass is 262 g/mol. The molecule has 0 saturated carbocycles. The molecule has 0 radical (unpaired) electrons. The van der Waals surface area contributed by atoms with Crippen molar-refractivity contribution >= 4 is 23.2 Å². The van der Waals surface area contributed by atoms with Crippen molar-refractivity contribution in [2.45, 2.75) is 33.8 Å². The lowest BCUT2D eigenvalue weighted by atomic mass is 10.1. The molecule has 0 saturated heterocycles. The summed E-state index contributed by atoms with van der Waals surface area (Å²) in [5.74, 6) is 0.826. The van der Waals surface area contributed by atoms with Gasteiger partial charge < -0.3 is 4.74 Å². The fourth-order valence-electron chi connectivity index (χ4n) is 1.35. The number of ether oxygens (including phenoxy) is 1. The molecule has 0 aliphatic carbocycles. The van der Waals surface area contributed by atoms with E-state index < -0.39 is 0 Å². The van der Waals surface area contributed by atoms with Crippen LogP contribution in [0, 0.1) is 12.8 Å². The second kappa shape index (κ2) is 5.80. The molecule has 1 aromatic rings. The molecule has 1 rings (SSSR count). The third kappa shape index (κ3) is 3.06. The number of aromatic nitrogens is 2. The maximum Gasteiger partial charge on any atom is 0.160 e. The number of hydrogen-bond donors (Lipinski definition) is 0. The summed E-state index contributed by atoms with van der Waals surface area (Å²) < 4.78 is 5.60. The predicted octanol–water partition coefficient (Wildman–Crippen LogP) is 3.83. The Hall–Kier alpha value is -0.380. The van der Waals surface area contributed by atoms with Crippen LogP contribution in [-0.2, 0) is 4.74 Å². The SMILES string of the molecule is CCOC(c1nc(Cl)c(C)c(Cl)n1)C(C)C. The Morgan fingerprint density at radius 3 is 2.06 bits per heavy atom. The second-order valence-electron chi connectivity index (χ2n) is 3.91. The van der Waals surface area contributed by atoms with Gasteiger partial charge in [0, 0.05) is 12.2 Å². The van der Waals surface area contributed by atoms with E-state index in [2.05, 4.69) is 9.97 Å². The number of hydrogen-bond acceptors (Lipinski definition) is 3. The lowest BCUT2D eigenvalue weighted by Crippen LogP contribution is -2.15. The van der Waals surface area contributed by atoms with Crippen molar-refractivity contribution in [3.05, 3.63) is 21.7 Å². The highest BCUT2D eigenvalue weighted by atomic mass is 35.5. The maximum atomic E-state index is 5.98. The number of nitrogens with zero attached hydrogens (tertiary/aromatic N) is 2. The van der Waals surface area contributed by atoms with Gasteiger partial charge in [-0.2, -0.15) is 0 Å². The smallest absolute Gasteiger partial charge is 0.160 e. The van der Waals surface area contributed by atoms with Gasteiger partial charge in [0.2, 0.25) is 0 Å². The van der Waals surface area contributed by atoms with Crippen molar-refractivity contribution in [1.82, 2.24) is 9.97 Å². The summed E-state index contributed by atoms with van der Waals surface area (Å²) >= 11 is 12.0. The fraction of sp³-hybridized carbons (Fsp3) is 0.636. The van der Waals surface area contributed by atoms with Crippen LogP contribution in [-0.4, -0.2) is 16.6 Å². The minimum absolute atomic E-state index is 0.166. The van der Waals surface area contributed by atoms with E-state index in [0.29, 0.717) is 28.3 Å². The van der Waals surface area contributed by atoms with E-state index in [-0.39, 0.29) is 12.0 Å². The Bertz CT molecular complexity index is 346. The van der Waals surface area contributed by atoms with Crippen LogP contribution in [0.25, 0.3) is 0 Å². The van der Waals surface area contributed by atoms with Crippen molar-refractivity contribution < 1.29 is 4.74 Å². The van der Waals surface area contributed by atoms with Crippen LogP contribution in [0.15, 0.2) is 0 Å². The van der Waals surface area contributed by atoms with Gasteiger partial charge in [0.25, 0.3) is 0 Å². The molecule has 0 amide bonds. The van der Waals surface area contributed by atoms with Crippen molar-refractivity contribution in [2.24, 2.45) is 5.92 Å². The van der Waals surface area contributed by atoms with Gasteiger partial charge in [0.1, 0.15) is 16.4 Å². The average molecular weight is 263 g/mol. The lowest BCUT2D eigenvalue weighted by Gasteiger charge is -2.19. The van der Waals surface area contributed by atoms with Crippen LogP contribution >= 0.6 is 23.2 Å². The summed E-state index contributed by atoms with van der Waals surface area (Å²) in [6, 6.07) is 0. The molecular weight excluding hydrogens is 247 g/mol. The first-order valence-corrected chi connectivity index (χ1v) is 6.04. The minimum Gasteiger partial charge on any atom is -0.370 e. The standard InChI is InChI=1S/C11H16Cl2N2O/c1-5-16-8(6(2)3)11-14-9(12)7(4)10(13)15-11/h6,8H,5H2,1-4H3. The first kappa shape index (κ1) is 13.7. The predicted molar refractivity (Wildman–Crippen MR) is 66.0 cm³/mol. The van der Waals surface area contributed by atoms with Gasteiger partial charge in [-0.3, -0.25) is 0 Å². The first-order valence-electron chi connectivity index (χ1n) is 5.28. The Kier molecular flexibility index (Phi) is 4.96. The van der Waals surface area contributed by atoms with Crippen LogP contribution in [0.4, 0.5) is 0 Å². The Morgan fingerprint density at radius 2 is 1.69 bits per heavy atom. The molecule has 0 aromatic carbocycles. The summed E-state index contributed by atoms with van der Waals surface area (Å²) in [5.41, 5.74) is 0.700. The van der Waals surface area contributed by atoms with E-state index in [0.717, 1.165) is 0 Å². The third-order valence-electron chi connectivity index (χ3n) is 2.25. The van der Waals surface area contributed by atoms with Gasteiger partial charge in [0.05, 0.1) is 0 Å². The first-order chi connectivity index (χ1) is 7.47. The summed E-state index contributed by atoms with van der Waals surface area (Å²) in [6.45, 7) is 8.43. The molecule has 1 atom stereocenters. The minimum atomic E-state index is -0.166. The fourth-order valence-corrected chi connectivity index (χ4v) is 1.75. The zero-order valence-corrected chi connectivity index (χ0v) is 11.4. The molecule has 90 valence electrons. The molecule has 1 unspecified atom stereocenters. The molecule has 0 aliphatic rings. The molecule has 0 bridgehead atoms. The largest absolute Gasteiger partial charge is 0.370 e. The summed E-state index contributed by atoms with van der Waals surface area (Å²) in [5, 5.41) is 0.778. The molecule has 5 heteroatoms. The molecule has 0 N–H and O–H groups in total. The Labute approximate surface area is 106 Å². The molecular formula is C11H16Cl2N2O. The zero-order chi connectivity index (χ0) is 12.3. The van der Waals surface area contributed by atoms with Gasteiger partial charge in [-0.1, -0.05) is 37.0 Å². The third-order valence-corrected chi connectivity index (χ3v) is 2.99. The van der Waals surface area contributed by atoms with Crippen LogP contribution in [0.2, 0.25) is 10.3 Å². The molecule has 0 fully saturated rings. The number of rotatable bonds is 4. The lowest BCUT2D eigenvalue weighted by molar-refractivity contribution is 0.0232. The summed E-state index contributed by atoms with van der Waals surface area (Å²) in [4.78, 5) is 8.44. The van der Waals surface area contributed by atoms with Crippen LogP contribution in [0.5, 0.6) is 0 Å². The Morgan fingerprint density at radius 1 is 1.19 bits per heavy atom. The summed E-state index contributed by atoms with van der Waals surface area (Å²) in [7, 11) is 0. The highest BCUT2D eigenvalue weighted by Crippen LogP contribution is 2.27. The van der Waals surface area contributed by atoms with Gasteiger partial charge >= 0.3 is 0 Å². The van der Waals surface area contributed by atoms with Crippen LogP contribution in [0.3, 0.4) is 0 Å². The quantitative estimate of drug-likeness (QED) is 0.774. The van der Waals surface area contributed by atoms with Crippen molar-refractivity contribution in [3.8, 4) is 0 Å². The molecule has 1 heterocycles. The van der Waals surface area contributed by atoms with Crippen molar-refractivity contribution in [3.63, 3.8) is 0 Å². The highest BCUT2D eigenvalue weighted by Gasteiger charge is 2.21. The molecule has 1 aromatic heterocycles. The molecule has 0 aliphatic heterocycles. The van der Waals surface area contributed by atoms with E-state index in [1.807, 2.05) is 20.8 Å². The van der Waals surface area contributed by atoms with Crippen molar-refractivity contribution in [2.75, 3.05) is 6.61 Å². The average Bonchev–Trinajstić information content (AvgIpc) is 2.21. The van der Waals surface area contributed by atoms with E-state index >= 15 is 0 Å². The molecule has 16 heavy (non-hydrogen) atoms. The zero-order valence-electron chi connectivity index (χ0n) is 9.92. The second-order valence-corrected chi connectivity index (χ2v) is 4.62. The normalized spacial score (nSPS) is 13.2. The van der Waals surface area contributed by atoms with E-state index in [1.54, 1.807) is 6.92 Å². The van der Waals surface area contributed by atoms with Gasteiger partial charge in [-0.15, -0.1) is 0 Å². The topological polar surface area (TPSA) is 35.0 Å². The van der Waals surface area contributed by atoms with Gasteiger partial charge in [0.15, 0.2) is 5.82 Å². The van der Waals surface area contributed by atoms with Crippen LogP contribution < -0.4 is 0 Å². The maximum absolute atomic E-state index is 5.98. The van der Waals surface area contributed by atoms with Gasteiger partial charge in [-0.25, -0.2) is 9.97 Å².